The maximum Gasteiger partial charge on any atom is 0.243 e. The fraction of sp³-hybridized carbons (Fsp3) is 0.381. The Morgan fingerprint density at radius 1 is 1.00 bits per heavy atom. The highest BCUT2D eigenvalue weighted by molar-refractivity contribution is 7.89. The fourth-order valence-electron chi connectivity index (χ4n) is 3.49. The quantitative estimate of drug-likeness (QED) is 0.726. The average molecular weight is 448 g/mol. The number of thiocarbonyl (C=S) groups is 1. The number of hydrogen-bond acceptors (Lipinski definition) is 5. The number of aryl methyl sites for hydroxylation is 1. The normalized spacial score (nSPS) is 17.3. The minimum absolute atomic E-state index is 0.223. The van der Waals surface area contributed by atoms with Crippen LogP contribution in [0.1, 0.15) is 12.0 Å². The van der Waals surface area contributed by atoms with Crippen molar-refractivity contribution in [2.24, 2.45) is 0 Å². The first kappa shape index (κ1) is 20.9. The van der Waals surface area contributed by atoms with E-state index < -0.39 is 10.0 Å². The van der Waals surface area contributed by atoms with Crippen LogP contribution in [-0.2, 0) is 10.0 Å². The summed E-state index contributed by atoms with van der Waals surface area (Å²) < 4.78 is 39.0. The van der Waals surface area contributed by atoms with Gasteiger partial charge in [0.05, 0.1) is 18.1 Å². The maximum atomic E-state index is 13.1. The summed E-state index contributed by atoms with van der Waals surface area (Å²) in [6, 6.07) is 12.7. The molecule has 1 saturated heterocycles. The summed E-state index contributed by atoms with van der Waals surface area (Å²) in [6.07, 6.45) is 0.773. The molecule has 1 N–H and O–H groups in total. The molecular weight excluding hydrogens is 422 g/mol. The summed E-state index contributed by atoms with van der Waals surface area (Å²) in [4.78, 5) is 2.22. The van der Waals surface area contributed by atoms with E-state index in [0.717, 1.165) is 17.7 Å². The summed E-state index contributed by atoms with van der Waals surface area (Å²) in [5.41, 5.74) is 2.07. The number of benzene rings is 2. The number of para-hydroxylation sites is 1. The van der Waals surface area contributed by atoms with Gasteiger partial charge in [-0.15, -0.1) is 0 Å². The number of piperazine rings is 1. The lowest BCUT2D eigenvalue weighted by Crippen LogP contribution is -2.51. The van der Waals surface area contributed by atoms with E-state index in [1.807, 2.05) is 36.1 Å². The Morgan fingerprint density at radius 2 is 1.70 bits per heavy atom. The van der Waals surface area contributed by atoms with Crippen molar-refractivity contribution in [3.63, 3.8) is 0 Å². The molecule has 7 nitrogen and oxygen atoms in total. The molecule has 0 spiro atoms. The van der Waals surface area contributed by atoms with E-state index in [9.17, 15) is 8.42 Å². The summed E-state index contributed by atoms with van der Waals surface area (Å²) in [6.45, 7) is 4.89. The minimum atomic E-state index is -3.61. The summed E-state index contributed by atoms with van der Waals surface area (Å²) in [5, 5.41) is 3.87. The van der Waals surface area contributed by atoms with Gasteiger partial charge in [-0.25, -0.2) is 8.42 Å². The zero-order valence-electron chi connectivity index (χ0n) is 16.8. The fourth-order valence-corrected chi connectivity index (χ4v) is 5.22. The van der Waals surface area contributed by atoms with E-state index in [4.69, 9.17) is 21.7 Å². The van der Waals surface area contributed by atoms with Gasteiger partial charge in [0.1, 0.15) is 0 Å². The van der Waals surface area contributed by atoms with Gasteiger partial charge in [-0.05, 0) is 42.9 Å². The highest BCUT2D eigenvalue weighted by Crippen LogP contribution is 2.33. The molecule has 4 rings (SSSR count). The highest BCUT2D eigenvalue weighted by atomic mass is 32.2. The van der Waals surface area contributed by atoms with Gasteiger partial charge in [-0.3, -0.25) is 0 Å². The molecule has 0 radical (unpaired) electrons. The number of ether oxygens (including phenoxy) is 2. The number of hydrogen-bond donors (Lipinski definition) is 1. The molecule has 2 aromatic rings. The third-order valence-corrected chi connectivity index (χ3v) is 7.52. The van der Waals surface area contributed by atoms with Gasteiger partial charge in [0, 0.05) is 44.4 Å². The zero-order valence-corrected chi connectivity index (χ0v) is 18.5. The zero-order chi connectivity index (χ0) is 21.1. The Morgan fingerprint density at radius 3 is 2.43 bits per heavy atom. The van der Waals surface area contributed by atoms with Crippen molar-refractivity contribution in [1.82, 2.24) is 9.21 Å². The van der Waals surface area contributed by atoms with Crippen molar-refractivity contribution in [1.29, 1.82) is 0 Å². The molecule has 0 aromatic heterocycles. The van der Waals surface area contributed by atoms with Crippen LogP contribution in [0.25, 0.3) is 0 Å². The second-order valence-corrected chi connectivity index (χ2v) is 9.62. The Bertz CT molecular complexity index is 1030. The lowest BCUT2D eigenvalue weighted by Gasteiger charge is -2.35. The smallest absolute Gasteiger partial charge is 0.243 e. The van der Waals surface area contributed by atoms with Crippen LogP contribution >= 0.6 is 12.2 Å². The first-order valence-corrected chi connectivity index (χ1v) is 11.8. The van der Waals surface area contributed by atoms with Crippen LogP contribution in [0.4, 0.5) is 5.69 Å². The summed E-state index contributed by atoms with van der Waals surface area (Å²) >= 11 is 5.54. The van der Waals surface area contributed by atoms with Crippen LogP contribution in [0, 0.1) is 6.92 Å². The van der Waals surface area contributed by atoms with Crippen molar-refractivity contribution >= 4 is 33.0 Å². The van der Waals surface area contributed by atoms with Crippen LogP contribution < -0.4 is 14.8 Å². The Kier molecular flexibility index (Phi) is 6.12. The summed E-state index contributed by atoms with van der Waals surface area (Å²) in [5.74, 6) is 1.07. The third kappa shape index (κ3) is 4.38. The lowest BCUT2D eigenvalue weighted by molar-refractivity contribution is 0.268. The molecule has 2 aromatic carbocycles. The topological polar surface area (TPSA) is 71.1 Å². The first-order chi connectivity index (χ1) is 14.4. The Labute approximate surface area is 182 Å². The molecule has 160 valence electrons. The van der Waals surface area contributed by atoms with Crippen LogP contribution in [0.2, 0.25) is 0 Å². The molecule has 1 fully saturated rings. The molecule has 0 atom stereocenters. The van der Waals surface area contributed by atoms with Crippen LogP contribution in [0.3, 0.4) is 0 Å². The molecule has 0 aliphatic carbocycles. The van der Waals surface area contributed by atoms with E-state index in [1.54, 1.807) is 18.2 Å². The standard InChI is InChI=1S/C21H25N3O4S2/c1-16-5-2-3-6-18(16)22-21(29)23-9-11-24(12-10-23)30(25,26)17-7-8-19-20(15-17)28-14-4-13-27-19/h2-3,5-8,15H,4,9-14H2,1H3,(H,22,29). The SMILES string of the molecule is Cc1ccccc1NC(=S)N1CCN(S(=O)(=O)c2ccc3c(c2)OCCCO3)CC1. The van der Waals surface area contributed by atoms with Crippen molar-refractivity contribution in [3.8, 4) is 11.5 Å². The minimum Gasteiger partial charge on any atom is -0.490 e. The lowest BCUT2D eigenvalue weighted by atomic mass is 10.2. The Hall–Kier alpha value is -2.36. The number of nitrogens with one attached hydrogen (secondary N) is 1. The molecule has 0 saturated carbocycles. The second-order valence-electron chi connectivity index (χ2n) is 7.30. The molecule has 0 unspecified atom stereocenters. The first-order valence-electron chi connectivity index (χ1n) is 9.96. The van der Waals surface area contributed by atoms with Gasteiger partial charge in [0.2, 0.25) is 10.0 Å². The van der Waals surface area contributed by atoms with Gasteiger partial charge >= 0.3 is 0 Å². The van der Waals surface area contributed by atoms with Crippen molar-refractivity contribution in [2.45, 2.75) is 18.2 Å². The van der Waals surface area contributed by atoms with E-state index in [2.05, 4.69) is 5.32 Å². The van der Waals surface area contributed by atoms with Gasteiger partial charge in [0.15, 0.2) is 16.6 Å². The van der Waals surface area contributed by atoms with Crippen LogP contribution in [-0.4, -0.2) is 62.1 Å². The molecule has 2 heterocycles. The molecule has 9 heteroatoms. The maximum absolute atomic E-state index is 13.1. The second kappa shape index (κ2) is 8.79. The monoisotopic (exact) mass is 447 g/mol. The highest BCUT2D eigenvalue weighted by Gasteiger charge is 2.30. The van der Waals surface area contributed by atoms with E-state index >= 15 is 0 Å². The van der Waals surface area contributed by atoms with Crippen molar-refractivity contribution in [3.05, 3.63) is 48.0 Å². The number of sulfonamides is 1. The van der Waals surface area contributed by atoms with Crippen LogP contribution in [0.5, 0.6) is 11.5 Å². The van der Waals surface area contributed by atoms with E-state index in [1.165, 1.54) is 4.31 Å². The molecule has 0 amide bonds. The van der Waals surface area contributed by atoms with Gasteiger partial charge in [0.25, 0.3) is 0 Å². The largest absolute Gasteiger partial charge is 0.490 e. The predicted molar refractivity (Wildman–Crippen MR) is 120 cm³/mol. The van der Waals surface area contributed by atoms with Gasteiger partial charge in [-0.1, -0.05) is 18.2 Å². The number of fused-ring (bicyclic) bond motifs is 1. The Balaban J connectivity index is 1.41. The molecule has 2 aliphatic rings. The van der Waals surface area contributed by atoms with Gasteiger partial charge in [-0.2, -0.15) is 4.31 Å². The molecule has 2 aliphatic heterocycles. The molecular formula is C21H25N3O4S2. The molecule has 0 bridgehead atoms. The van der Waals surface area contributed by atoms with Crippen molar-refractivity contribution in [2.75, 3.05) is 44.7 Å². The van der Waals surface area contributed by atoms with Gasteiger partial charge < -0.3 is 19.7 Å². The van der Waals surface area contributed by atoms with E-state index in [-0.39, 0.29) is 4.90 Å². The van der Waals surface area contributed by atoms with Crippen molar-refractivity contribution < 1.29 is 17.9 Å². The predicted octanol–water partition coefficient (Wildman–Crippen LogP) is 2.86. The average Bonchev–Trinajstić information content (AvgIpc) is 3.00. The molecule has 30 heavy (non-hydrogen) atoms. The third-order valence-electron chi connectivity index (χ3n) is 5.27. The number of nitrogens with zero attached hydrogens (tertiary/aromatic N) is 2. The summed E-state index contributed by atoms with van der Waals surface area (Å²) in [7, 11) is -3.61. The number of rotatable bonds is 3. The number of anilines is 1. The van der Waals surface area contributed by atoms with Crippen LogP contribution in [0.15, 0.2) is 47.4 Å². The van der Waals surface area contributed by atoms with E-state index in [0.29, 0.717) is 56.0 Å².